The van der Waals surface area contributed by atoms with Gasteiger partial charge in [0.1, 0.15) is 0 Å². The maximum Gasteiger partial charge on any atom is 0.409 e. The lowest BCUT2D eigenvalue weighted by Gasteiger charge is -2.31. The molecule has 2 rings (SSSR count). The molecule has 1 fully saturated rings. The molecular weight excluding hydrogens is 360 g/mol. The van der Waals surface area contributed by atoms with Crippen LogP contribution < -0.4 is 10.6 Å². The number of carbonyl (C=O) groups is 3. The fraction of sp³-hybridized carbons (Fsp3) is 0.600. The van der Waals surface area contributed by atoms with Crippen molar-refractivity contribution >= 4 is 17.9 Å². The van der Waals surface area contributed by atoms with E-state index in [0.717, 1.165) is 6.42 Å². The van der Waals surface area contributed by atoms with Crippen LogP contribution in [0.4, 0.5) is 4.79 Å². The number of nitrogens with one attached hydrogen (secondary N) is 2. The number of hydrogen-bond donors (Lipinski definition) is 2. The van der Waals surface area contributed by atoms with Crippen LogP contribution in [0.1, 0.15) is 60.7 Å². The van der Waals surface area contributed by atoms with E-state index >= 15 is 0 Å². The van der Waals surface area contributed by atoms with Crippen LogP contribution in [0.15, 0.2) is 18.5 Å². The molecule has 0 bridgehead atoms. The molecule has 0 atom stereocenters. The van der Waals surface area contributed by atoms with Crippen molar-refractivity contribution in [2.75, 3.05) is 26.2 Å². The third-order valence-electron chi connectivity index (χ3n) is 4.63. The summed E-state index contributed by atoms with van der Waals surface area (Å²) in [4.78, 5) is 42.1. The molecule has 1 aromatic heterocycles. The molecule has 1 aromatic rings. The van der Waals surface area contributed by atoms with E-state index in [1.807, 2.05) is 0 Å². The van der Waals surface area contributed by atoms with Crippen LogP contribution in [0.5, 0.6) is 0 Å². The van der Waals surface area contributed by atoms with Gasteiger partial charge >= 0.3 is 6.09 Å². The van der Waals surface area contributed by atoms with Crippen molar-refractivity contribution in [1.29, 1.82) is 0 Å². The first-order valence-electron chi connectivity index (χ1n) is 9.86. The number of carbonyl (C=O) groups excluding carboxylic acids is 3. The second-order valence-corrected chi connectivity index (χ2v) is 7.33. The van der Waals surface area contributed by atoms with Crippen molar-refractivity contribution in [3.05, 3.63) is 29.6 Å². The van der Waals surface area contributed by atoms with Gasteiger partial charge in [-0.15, -0.1) is 0 Å². The molecule has 154 valence electrons. The zero-order valence-electron chi connectivity index (χ0n) is 16.9. The maximum absolute atomic E-state index is 12.5. The number of aromatic nitrogens is 1. The smallest absolute Gasteiger partial charge is 0.409 e. The molecule has 0 radical (unpaired) electrons. The summed E-state index contributed by atoms with van der Waals surface area (Å²) in [6.07, 6.45) is 4.81. The zero-order chi connectivity index (χ0) is 20.5. The predicted molar refractivity (Wildman–Crippen MR) is 105 cm³/mol. The summed E-state index contributed by atoms with van der Waals surface area (Å²) in [6.45, 7) is 7.99. The van der Waals surface area contributed by atoms with Gasteiger partial charge in [0.25, 0.3) is 11.8 Å². The quantitative estimate of drug-likeness (QED) is 0.743. The molecule has 8 heteroatoms. The molecule has 1 saturated heterocycles. The van der Waals surface area contributed by atoms with Crippen LogP contribution >= 0.6 is 0 Å². The first kappa shape index (κ1) is 21.7. The topological polar surface area (TPSA) is 101 Å². The lowest BCUT2D eigenvalue weighted by Crippen LogP contribution is -2.46. The summed E-state index contributed by atoms with van der Waals surface area (Å²) in [5.74, 6) is 0.00948. The van der Waals surface area contributed by atoms with Gasteiger partial charge in [0.15, 0.2) is 0 Å². The van der Waals surface area contributed by atoms with E-state index in [0.29, 0.717) is 56.1 Å². The summed E-state index contributed by atoms with van der Waals surface area (Å²) in [5, 5.41) is 5.81. The Morgan fingerprint density at radius 1 is 1.18 bits per heavy atom. The van der Waals surface area contributed by atoms with E-state index in [1.165, 1.54) is 12.4 Å². The van der Waals surface area contributed by atoms with Crippen molar-refractivity contribution in [3.63, 3.8) is 0 Å². The number of pyridine rings is 1. The van der Waals surface area contributed by atoms with Gasteiger partial charge in [-0.25, -0.2) is 4.79 Å². The van der Waals surface area contributed by atoms with Crippen LogP contribution in [0.2, 0.25) is 0 Å². The molecule has 0 spiro atoms. The minimum Gasteiger partial charge on any atom is -0.450 e. The van der Waals surface area contributed by atoms with Crippen molar-refractivity contribution in [2.45, 2.75) is 46.1 Å². The summed E-state index contributed by atoms with van der Waals surface area (Å²) in [7, 11) is 0. The van der Waals surface area contributed by atoms with E-state index in [4.69, 9.17) is 4.74 Å². The van der Waals surface area contributed by atoms with Crippen molar-refractivity contribution in [2.24, 2.45) is 5.92 Å². The summed E-state index contributed by atoms with van der Waals surface area (Å²) >= 11 is 0. The predicted octanol–water partition coefficient (Wildman–Crippen LogP) is 2.21. The van der Waals surface area contributed by atoms with E-state index in [-0.39, 0.29) is 23.9 Å². The van der Waals surface area contributed by atoms with Crippen LogP contribution in [-0.4, -0.2) is 60.1 Å². The van der Waals surface area contributed by atoms with Gasteiger partial charge < -0.3 is 20.3 Å². The summed E-state index contributed by atoms with van der Waals surface area (Å²) in [5.41, 5.74) is 0.720. The van der Waals surface area contributed by atoms with Gasteiger partial charge in [0.2, 0.25) is 0 Å². The van der Waals surface area contributed by atoms with Crippen molar-refractivity contribution in [3.8, 4) is 0 Å². The van der Waals surface area contributed by atoms with Gasteiger partial charge in [-0.1, -0.05) is 13.8 Å². The van der Waals surface area contributed by atoms with Crippen LogP contribution in [0.3, 0.4) is 0 Å². The number of ether oxygens (including phenoxy) is 1. The largest absolute Gasteiger partial charge is 0.450 e. The second kappa shape index (κ2) is 10.6. The highest BCUT2D eigenvalue weighted by Gasteiger charge is 2.25. The molecule has 28 heavy (non-hydrogen) atoms. The Hall–Kier alpha value is -2.64. The molecule has 8 nitrogen and oxygen atoms in total. The van der Waals surface area contributed by atoms with E-state index < -0.39 is 0 Å². The van der Waals surface area contributed by atoms with Crippen LogP contribution in [0, 0.1) is 5.92 Å². The fourth-order valence-corrected chi connectivity index (χ4v) is 2.95. The fourth-order valence-electron chi connectivity index (χ4n) is 2.95. The normalized spacial score (nSPS) is 14.6. The lowest BCUT2D eigenvalue weighted by atomic mass is 10.0. The number of piperidine rings is 1. The first-order chi connectivity index (χ1) is 13.4. The van der Waals surface area contributed by atoms with Crippen LogP contribution in [-0.2, 0) is 4.74 Å². The van der Waals surface area contributed by atoms with Crippen LogP contribution in [0.25, 0.3) is 0 Å². The molecular formula is C20H30N4O4. The molecule has 0 aromatic carbocycles. The van der Waals surface area contributed by atoms with E-state index in [1.54, 1.807) is 17.9 Å². The molecule has 3 amide bonds. The average Bonchev–Trinajstić information content (AvgIpc) is 2.68. The molecule has 1 aliphatic heterocycles. The standard InChI is InChI=1S/C20H30N4O4/c1-4-28-20(27)24-9-6-17(7-10-24)23-19(26)16-11-15(12-21-13-16)18(25)22-8-5-14(2)3/h11-14,17H,4-10H2,1-3H3,(H,22,25)(H,23,26). The Bertz CT molecular complexity index is 685. The lowest BCUT2D eigenvalue weighted by molar-refractivity contribution is 0.0859. The highest BCUT2D eigenvalue weighted by atomic mass is 16.6. The number of amides is 3. The molecule has 0 unspecified atom stereocenters. The highest BCUT2D eigenvalue weighted by molar-refractivity contribution is 5.99. The zero-order valence-corrected chi connectivity index (χ0v) is 16.9. The third-order valence-corrected chi connectivity index (χ3v) is 4.63. The van der Waals surface area contributed by atoms with Gasteiger partial charge in [0, 0.05) is 38.1 Å². The van der Waals surface area contributed by atoms with Crippen molar-refractivity contribution < 1.29 is 19.1 Å². The van der Waals surface area contributed by atoms with E-state index in [2.05, 4.69) is 29.5 Å². The Labute approximate surface area is 166 Å². The number of hydrogen-bond acceptors (Lipinski definition) is 5. The van der Waals surface area contributed by atoms with Gasteiger partial charge in [0.05, 0.1) is 17.7 Å². The Morgan fingerprint density at radius 2 is 1.82 bits per heavy atom. The molecule has 2 heterocycles. The monoisotopic (exact) mass is 390 g/mol. The maximum atomic E-state index is 12.5. The number of rotatable bonds is 7. The first-order valence-corrected chi connectivity index (χ1v) is 9.86. The second-order valence-electron chi connectivity index (χ2n) is 7.33. The minimum atomic E-state index is -0.312. The summed E-state index contributed by atoms with van der Waals surface area (Å²) < 4.78 is 5.00. The van der Waals surface area contributed by atoms with E-state index in [9.17, 15) is 14.4 Å². The van der Waals surface area contributed by atoms with Crippen molar-refractivity contribution in [1.82, 2.24) is 20.5 Å². The van der Waals surface area contributed by atoms with Gasteiger partial charge in [-0.05, 0) is 38.2 Å². The highest BCUT2D eigenvalue weighted by Crippen LogP contribution is 2.13. The molecule has 0 aliphatic carbocycles. The van der Waals surface area contributed by atoms with Gasteiger partial charge in [-0.2, -0.15) is 0 Å². The number of nitrogens with zero attached hydrogens (tertiary/aromatic N) is 2. The molecule has 0 saturated carbocycles. The Kier molecular flexibility index (Phi) is 8.22. The number of likely N-dealkylation sites (tertiary alicyclic amines) is 1. The summed E-state index contributed by atoms with van der Waals surface area (Å²) in [6, 6.07) is 1.53. The molecule has 2 N–H and O–H groups in total. The molecule has 1 aliphatic rings. The average molecular weight is 390 g/mol. The van der Waals surface area contributed by atoms with Gasteiger partial charge in [-0.3, -0.25) is 14.6 Å². The Morgan fingerprint density at radius 3 is 2.43 bits per heavy atom. The minimum absolute atomic E-state index is 0.0262. The third kappa shape index (κ3) is 6.51. The Balaban J connectivity index is 1.86. The SMILES string of the molecule is CCOC(=O)N1CCC(NC(=O)c2cncc(C(=O)NCCC(C)C)c2)CC1.